The smallest absolute Gasteiger partial charge is 0.137 e. The van der Waals surface area contributed by atoms with E-state index in [1.165, 1.54) is 38.8 Å². The standard InChI is InChI=1S/C14H25NO/c1-2-4-12-7-9-15(10-8-12)11-13-5-3-6-14(13)16/h12-13H,2-11H2,1H3. The Labute approximate surface area is 99.4 Å². The van der Waals surface area contributed by atoms with E-state index in [-0.39, 0.29) is 0 Å². The zero-order valence-corrected chi connectivity index (χ0v) is 10.6. The average Bonchev–Trinajstić information content (AvgIpc) is 2.68. The first kappa shape index (κ1) is 12.1. The summed E-state index contributed by atoms with van der Waals surface area (Å²) in [6.45, 7) is 5.80. The van der Waals surface area contributed by atoms with Crippen LogP contribution in [-0.2, 0) is 4.79 Å². The largest absolute Gasteiger partial charge is 0.303 e. The molecule has 1 aliphatic carbocycles. The lowest BCUT2D eigenvalue weighted by Gasteiger charge is -2.33. The summed E-state index contributed by atoms with van der Waals surface area (Å²) in [6, 6.07) is 0. The van der Waals surface area contributed by atoms with E-state index in [9.17, 15) is 4.79 Å². The second-order valence-electron chi connectivity index (χ2n) is 5.59. The fourth-order valence-electron chi connectivity index (χ4n) is 3.26. The lowest BCUT2D eigenvalue weighted by Crippen LogP contribution is -2.38. The summed E-state index contributed by atoms with van der Waals surface area (Å²) in [5, 5.41) is 0. The Hall–Kier alpha value is -0.370. The summed E-state index contributed by atoms with van der Waals surface area (Å²) < 4.78 is 0. The molecule has 2 fully saturated rings. The molecule has 0 aromatic rings. The Balaban J connectivity index is 1.70. The van der Waals surface area contributed by atoms with Gasteiger partial charge in [-0.2, -0.15) is 0 Å². The Morgan fingerprint density at radius 3 is 2.56 bits per heavy atom. The molecule has 0 bridgehead atoms. The topological polar surface area (TPSA) is 20.3 Å². The third kappa shape index (κ3) is 3.07. The van der Waals surface area contributed by atoms with Crippen LogP contribution in [0.2, 0.25) is 0 Å². The van der Waals surface area contributed by atoms with E-state index in [0.29, 0.717) is 11.7 Å². The molecule has 92 valence electrons. The highest BCUT2D eigenvalue weighted by atomic mass is 16.1. The summed E-state index contributed by atoms with van der Waals surface area (Å²) in [5.74, 6) is 1.86. The van der Waals surface area contributed by atoms with E-state index in [0.717, 1.165) is 31.7 Å². The molecule has 2 aliphatic rings. The minimum absolute atomic E-state index is 0.378. The molecule has 0 aromatic heterocycles. The number of carbonyl (C=O) groups is 1. The second-order valence-corrected chi connectivity index (χ2v) is 5.59. The SMILES string of the molecule is CCCC1CCN(CC2CCCC2=O)CC1. The van der Waals surface area contributed by atoms with Crippen molar-refractivity contribution in [2.45, 2.75) is 51.9 Å². The quantitative estimate of drug-likeness (QED) is 0.730. The predicted octanol–water partition coefficient (Wildman–Crippen LogP) is 2.87. The molecular formula is C14H25NO. The van der Waals surface area contributed by atoms with Crippen LogP contribution in [0.5, 0.6) is 0 Å². The van der Waals surface area contributed by atoms with Gasteiger partial charge in [0, 0.05) is 18.9 Å². The van der Waals surface area contributed by atoms with Gasteiger partial charge in [0.05, 0.1) is 0 Å². The summed E-state index contributed by atoms with van der Waals surface area (Å²) >= 11 is 0. The third-order valence-corrected chi connectivity index (χ3v) is 4.31. The number of hydrogen-bond donors (Lipinski definition) is 0. The maximum Gasteiger partial charge on any atom is 0.137 e. The summed E-state index contributed by atoms with van der Waals surface area (Å²) in [6.07, 6.45) is 8.56. The van der Waals surface area contributed by atoms with Crippen molar-refractivity contribution < 1.29 is 4.79 Å². The number of hydrogen-bond acceptors (Lipinski definition) is 2. The van der Waals surface area contributed by atoms with Crippen LogP contribution in [0, 0.1) is 11.8 Å². The van der Waals surface area contributed by atoms with Gasteiger partial charge in [-0.05, 0) is 44.7 Å². The van der Waals surface area contributed by atoms with Crippen LogP contribution in [0.4, 0.5) is 0 Å². The van der Waals surface area contributed by atoms with Crippen molar-refractivity contribution in [3.05, 3.63) is 0 Å². The van der Waals surface area contributed by atoms with Gasteiger partial charge in [-0.3, -0.25) is 4.79 Å². The molecule has 0 N–H and O–H groups in total. The van der Waals surface area contributed by atoms with Crippen molar-refractivity contribution in [2.24, 2.45) is 11.8 Å². The molecule has 0 aromatic carbocycles. The van der Waals surface area contributed by atoms with Gasteiger partial charge in [0.2, 0.25) is 0 Å². The van der Waals surface area contributed by atoms with E-state index >= 15 is 0 Å². The highest BCUT2D eigenvalue weighted by molar-refractivity contribution is 5.83. The molecule has 1 unspecified atom stereocenters. The van der Waals surface area contributed by atoms with Crippen LogP contribution in [-0.4, -0.2) is 30.3 Å². The highest BCUT2D eigenvalue weighted by Gasteiger charge is 2.28. The van der Waals surface area contributed by atoms with Crippen LogP contribution in [0.3, 0.4) is 0 Å². The summed E-state index contributed by atoms with van der Waals surface area (Å²) in [4.78, 5) is 14.1. The van der Waals surface area contributed by atoms with Crippen molar-refractivity contribution in [1.29, 1.82) is 0 Å². The number of Topliss-reactive ketones (excluding diaryl/α,β-unsaturated/α-hetero) is 1. The minimum Gasteiger partial charge on any atom is -0.303 e. The van der Waals surface area contributed by atoms with Crippen molar-refractivity contribution in [3.8, 4) is 0 Å². The molecule has 1 aliphatic heterocycles. The molecule has 1 saturated heterocycles. The van der Waals surface area contributed by atoms with Gasteiger partial charge < -0.3 is 4.90 Å². The first-order valence-corrected chi connectivity index (χ1v) is 7.04. The zero-order chi connectivity index (χ0) is 11.4. The number of rotatable bonds is 4. The number of carbonyl (C=O) groups excluding carboxylic acids is 1. The van der Waals surface area contributed by atoms with Crippen LogP contribution in [0.25, 0.3) is 0 Å². The van der Waals surface area contributed by atoms with Crippen LogP contribution in [0.1, 0.15) is 51.9 Å². The van der Waals surface area contributed by atoms with E-state index < -0.39 is 0 Å². The number of nitrogens with zero attached hydrogens (tertiary/aromatic N) is 1. The molecule has 2 rings (SSSR count). The van der Waals surface area contributed by atoms with E-state index in [4.69, 9.17) is 0 Å². The Bertz CT molecular complexity index is 231. The summed E-state index contributed by atoms with van der Waals surface area (Å²) in [7, 11) is 0. The normalized spacial score (nSPS) is 28.8. The molecule has 1 atom stereocenters. The minimum atomic E-state index is 0.378. The average molecular weight is 223 g/mol. The first-order valence-electron chi connectivity index (χ1n) is 7.04. The summed E-state index contributed by atoms with van der Waals surface area (Å²) in [5.41, 5.74) is 0. The van der Waals surface area contributed by atoms with Crippen molar-refractivity contribution >= 4 is 5.78 Å². The monoisotopic (exact) mass is 223 g/mol. The molecule has 0 amide bonds. The number of likely N-dealkylation sites (tertiary alicyclic amines) is 1. The fraction of sp³-hybridized carbons (Fsp3) is 0.929. The molecule has 16 heavy (non-hydrogen) atoms. The van der Waals surface area contributed by atoms with Crippen LogP contribution < -0.4 is 0 Å². The van der Waals surface area contributed by atoms with Crippen molar-refractivity contribution in [3.63, 3.8) is 0 Å². The molecular weight excluding hydrogens is 198 g/mol. The zero-order valence-electron chi connectivity index (χ0n) is 10.6. The maximum absolute atomic E-state index is 11.6. The molecule has 0 spiro atoms. The molecule has 1 saturated carbocycles. The number of ketones is 1. The highest BCUT2D eigenvalue weighted by Crippen LogP contribution is 2.26. The van der Waals surface area contributed by atoms with Crippen molar-refractivity contribution in [1.82, 2.24) is 4.90 Å². The van der Waals surface area contributed by atoms with Gasteiger partial charge in [-0.25, -0.2) is 0 Å². The second kappa shape index (κ2) is 5.81. The third-order valence-electron chi connectivity index (χ3n) is 4.31. The lowest BCUT2D eigenvalue weighted by atomic mass is 9.92. The van der Waals surface area contributed by atoms with E-state index in [1.54, 1.807) is 0 Å². The van der Waals surface area contributed by atoms with Crippen LogP contribution >= 0.6 is 0 Å². The Kier molecular flexibility index (Phi) is 4.39. The van der Waals surface area contributed by atoms with E-state index in [1.807, 2.05) is 0 Å². The van der Waals surface area contributed by atoms with Crippen LogP contribution in [0.15, 0.2) is 0 Å². The van der Waals surface area contributed by atoms with Gasteiger partial charge in [0.1, 0.15) is 5.78 Å². The van der Waals surface area contributed by atoms with Gasteiger partial charge in [0.25, 0.3) is 0 Å². The van der Waals surface area contributed by atoms with Gasteiger partial charge in [-0.1, -0.05) is 19.8 Å². The predicted molar refractivity (Wildman–Crippen MR) is 66.4 cm³/mol. The van der Waals surface area contributed by atoms with Gasteiger partial charge in [0.15, 0.2) is 0 Å². The fourth-order valence-corrected chi connectivity index (χ4v) is 3.26. The molecule has 2 heteroatoms. The van der Waals surface area contributed by atoms with Crippen molar-refractivity contribution in [2.75, 3.05) is 19.6 Å². The Morgan fingerprint density at radius 1 is 1.25 bits per heavy atom. The van der Waals surface area contributed by atoms with E-state index in [2.05, 4.69) is 11.8 Å². The lowest BCUT2D eigenvalue weighted by molar-refractivity contribution is -0.121. The molecule has 1 heterocycles. The molecule has 0 radical (unpaired) electrons. The van der Waals surface area contributed by atoms with Gasteiger partial charge >= 0.3 is 0 Å². The molecule has 2 nitrogen and oxygen atoms in total. The first-order chi connectivity index (χ1) is 7.79. The van der Waals surface area contributed by atoms with Gasteiger partial charge in [-0.15, -0.1) is 0 Å². The maximum atomic E-state index is 11.6. The Morgan fingerprint density at radius 2 is 2.00 bits per heavy atom. The number of piperidine rings is 1.